The summed E-state index contributed by atoms with van der Waals surface area (Å²) >= 11 is 0. The molecule has 1 rings (SSSR count). The quantitative estimate of drug-likeness (QED) is 0.425. The van der Waals surface area contributed by atoms with Crippen LogP contribution in [0.2, 0.25) is 0 Å². The second kappa shape index (κ2) is 9.33. The van der Waals surface area contributed by atoms with Gasteiger partial charge in [0, 0.05) is 31.8 Å². The minimum absolute atomic E-state index is 0.125. The first-order chi connectivity index (χ1) is 10.1. The number of nitrogens with zero attached hydrogens (tertiary/aromatic N) is 1. The number of hydrogen-bond acceptors (Lipinski definition) is 4. The summed E-state index contributed by atoms with van der Waals surface area (Å²) in [5, 5.41) is 9.28. The third-order valence-corrected chi connectivity index (χ3v) is 3.92. The van der Waals surface area contributed by atoms with Crippen LogP contribution in [0, 0.1) is 11.8 Å². The minimum atomic E-state index is -0.317. The lowest BCUT2D eigenvalue weighted by atomic mass is 9.81. The summed E-state index contributed by atoms with van der Waals surface area (Å²) in [5.41, 5.74) is 8.04. The van der Waals surface area contributed by atoms with Crippen LogP contribution in [0.4, 0.5) is 4.79 Å². The number of nitrogens with two attached hydrogens (primary N) is 1. The van der Waals surface area contributed by atoms with Crippen molar-refractivity contribution in [2.75, 3.05) is 13.6 Å². The Morgan fingerprint density at radius 3 is 2.57 bits per heavy atom. The van der Waals surface area contributed by atoms with Gasteiger partial charge in [-0.05, 0) is 38.0 Å². The maximum absolute atomic E-state index is 11.5. The maximum atomic E-state index is 11.5. The Morgan fingerprint density at radius 1 is 1.33 bits per heavy atom. The molecule has 120 valence electrons. The molecule has 0 aliphatic heterocycles. The number of urea groups is 1. The van der Waals surface area contributed by atoms with Crippen molar-refractivity contribution in [1.82, 2.24) is 16.1 Å². The number of hydrogen-bond donors (Lipinski definition) is 4. The summed E-state index contributed by atoms with van der Waals surface area (Å²) in [5.74, 6) is 0.680. The number of rotatable bonds is 6. The topological polar surface area (TPSA) is 109 Å². The van der Waals surface area contributed by atoms with Crippen molar-refractivity contribution in [3.05, 3.63) is 0 Å². The summed E-state index contributed by atoms with van der Waals surface area (Å²) in [6, 6.07) is -0.451. The average molecular weight is 297 g/mol. The first kappa shape index (κ1) is 17.4. The van der Waals surface area contributed by atoms with Crippen molar-refractivity contribution < 1.29 is 9.59 Å². The standard InChI is InChI=1S/C14H27N5O2/c1-3-12(15)9-18-19-14(21)17-8-10-4-6-11(7-5-10)13(20)16-2/h9-12H,3-8,15H2,1-2H3,(H,16,20)(H2,17,19,21)/b18-9+. The molecule has 0 spiro atoms. The van der Waals surface area contributed by atoms with Crippen molar-refractivity contribution in [3.63, 3.8) is 0 Å². The molecule has 1 aliphatic carbocycles. The van der Waals surface area contributed by atoms with Gasteiger partial charge in [-0.25, -0.2) is 10.2 Å². The monoisotopic (exact) mass is 297 g/mol. The van der Waals surface area contributed by atoms with Crippen LogP contribution in [0.15, 0.2) is 5.10 Å². The average Bonchev–Trinajstić information content (AvgIpc) is 2.52. The molecule has 0 aromatic heterocycles. The summed E-state index contributed by atoms with van der Waals surface area (Å²) in [4.78, 5) is 23.1. The lowest BCUT2D eigenvalue weighted by Gasteiger charge is -2.27. The van der Waals surface area contributed by atoms with Gasteiger partial charge in [-0.3, -0.25) is 4.79 Å². The van der Waals surface area contributed by atoms with Crippen LogP contribution in [0.1, 0.15) is 39.0 Å². The second-order valence-corrected chi connectivity index (χ2v) is 5.50. The van der Waals surface area contributed by atoms with Gasteiger partial charge in [0.25, 0.3) is 0 Å². The molecule has 1 saturated carbocycles. The minimum Gasteiger partial charge on any atom is -0.359 e. The fourth-order valence-electron chi connectivity index (χ4n) is 2.41. The lowest BCUT2D eigenvalue weighted by Crippen LogP contribution is -2.38. The molecule has 0 heterocycles. The van der Waals surface area contributed by atoms with Crippen molar-refractivity contribution in [2.45, 2.75) is 45.1 Å². The molecular formula is C14H27N5O2. The van der Waals surface area contributed by atoms with E-state index in [1.807, 2.05) is 6.92 Å². The van der Waals surface area contributed by atoms with E-state index in [2.05, 4.69) is 21.2 Å². The third-order valence-electron chi connectivity index (χ3n) is 3.92. The van der Waals surface area contributed by atoms with Gasteiger partial charge in [0.05, 0.1) is 0 Å². The van der Waals surface area contributed by atoms with Crippen LogP contribution in [-0.4, -0.2) is 37.8 Å². The Kier molecular flexibility index (Phi) is 7.74. The van der Waals surface area contributed by atoms with Gasteiger partial charge in [-0.1, -0.05) is 6.92 Å². The lowest BCUT2D eigenvalue weighted by molar-refractivity contribution is -0.125. The largest absolute Gasteiger partial charge is 0.359 e. The van der Waals surface area contributed by atoms with E-state index in [0.717, 1.165) is 32.1 Å². The summed E-state index contributed by atoms with van der Waals surface area (Å²) in [6.07, 6.45) is 5.99. The van der Waals surface area contributed by atoms with Crippen molar-refractivity contribution in [1.29, 1.82) is 0 Å². The van der Waals surface area contributed by atoms with E-state index in [9.17, 15) is 9.59 Å². The van der Waals surface area contributed by atoms with Crippen LogP contribution in [0.25, 0.3) is 0 Å². The van der Waals surface area contributed by atoms with Gasteiger partial charge in [-0.2, -0.15) is 5.10 Å². The SMILES string of the molecule is CCC(N)/C=N/NC(=O)NCC1CCC(C(=O)NC)CC1. The Morgan fingerprint density at radius 2 is 2.00 bits per heavy atom. The van der Waals surface area contributed by atoms with E-state index in [4.69, 9.17) is 5.73 Å². The molecule has 0 aromatic rings. The number of nitrogens with one attached hydrogen (secondary N) is 3. The van der Waals surface area contributed by atoms with E-state index in [-0.39, 0.29) is 23.9 Å². The van der Waals surface area contributed by atoms with Gasteiger partial charge in [-0.15, -0.1) is 0 Å². The van der Waals surface area contributed by atoms with Gasteiger partial charge in [0.1, 0.15) is 0 Å². The Bertz CT molecular complexity index is 364. The molecule has 0 radical (unpaired) electrons. The highest BCUT2D eigenvalue weighted by atomic mass is 16.2. The number of carbonyl (C=O) groups excluding carboxylic acids is 2. The van der Waals surface area contributed by atoms with Crippen LogP contribution in [-0.2, 0) is 4.79 Å². The molecule has 1 atom stereocenters. The predicted molar refractivity (Wildman–Crippen MR) is 82.8 cm³/mol. The molecule has 1 aliphatic rings. The molecule has 7 heteroatoms. The molecule has 3 amide bonds. The van der Waals surface area contributed by atoms with Gasteiger partial charge in [0.15, 0.2) is 0 Å². The molecule has 1 unspecified atom stereocenters. The van der Waals surface area contributed by atoms with Gasteiger partial charge < -0.3 is 16.4 Å². The molecular weight excluding hydrogens is 270 g/mol. The van der Waals surface area contributed by atoms with E-state index in [1.165, 1.54) is 6.21 Å². The first-order valence-electron chi connectivity index (χ1n) is 7.61. The van der Waals surface area contributed by atoms with E-state index in [0.29, 0.717) is 12.5 Å². The molecule has 0 saturated heterocycles. The maximum Gasteiger partial charge on any atom is 0.335 e. The highest BCUT2D eigenvalue weighted by Crippen LogP contribution is 2.28. The second-order valence-electron chi connectivity index (χ2n) is 5.50. The van der Waals surface area contributed by atoms with Crippen LogP contribution < -0.4 is 21.8 Å². The van der Waals surface area contributed by atoms with Crippen LogP contribution >= 0.6 is 0 Å². The van der Waals surface area contributed by atoms with Gasteiger partial charge in [0.2, 0.25) is 5.91 Å². The van der Waals surface area contributed by atoms with Crippen molar-refractivity contribution >= 4 is 18.2 Å². The zero-order chi connectivity index (χ0) is 15.7. The third kappa shape index (κ3) is 6.57. The summed E-state index contributed by atoms with van der Waals surface area (Å²) < 4.78 is 0. The number of hydrazone groups is 1. The van der Waals surface area contributed by atoms with E-state index < -0.39 is 0 Å². The van der Waals surface area contributed by atoms with Crippen LogP contribution in [0.5, 0.6) is 0 Å². The van der Waals surface area contributed by atoms with Crippen molar-refractivity contribution in [2.24, 2.45) is 22.7 Å². The fraction of sp³-hybridized carbons (Fsp3) is 0.786. The normalized spacial score (nSPS) is 23.6. The zero-order valence-corrected chi connectivity index (χ0v) is 12.9. The molecule has 0 bridgehead atoms. The molecule has 7 nitrogen and oxygen atoms in total. The molecule has 0 aromatic carbocycles. The van der Waals surface area contributed by atoms with Gasteiger partial charge >= 0.3 is 6.03 Å². The number of carbonyl (C=O) groups is 2. The predicted octanol–water partition coefficient (Wildman–Crippen LogP) is 0.561. The smallest absolute Gasteiger partial charge is 0.335 e. The van der Waals surface area contributed by atoms with E-state index in [1.54, 1.807) is 7.05 Å². The highest BCUT2D eigenvalue weighted by molar-refractivity contribution is 5.78. The first-order valence-corrected chi connectivity index (χ1v) is 7.61. The molecule has 1 fully saturated rings. The number of amides is 3. The zero-order valence-electron chi connectivity index (χ0n) is 12.9. The summed E-state index contributed by atoms with van der Waals surface area (Å²) in [6.45, 7) is 2.56. The Labute approximate surface area is 126 Å². The fourth-order valence-corrected chi connectivity index (χ4v) is 2.41. The Hall–Kier alpha value is -1.63. The van der Waals surface area contributed by atoms with E-state index >= 15 is 0 Å². The molecule has 5 N–H and O–H groups in total. The van der Waals surface area contributed by atoms with Crippen molar-refractivity contribution in [3.8, 4) is 0 Å². The van der Waals surface area contributed by atoms with Crippen LogP contribution in [0.3, 0.4) is 0 Å². The summed E-state index contributed by atoms with van der Waals surface area (Å²) in [7, 11) is 1.67. The highest BCUT2D eigenvalue weighted by Gasteiger charge is 2.25. The molecule has 21 heavy (non-hydrogen) atoms. The Balaban J connectivity index is 2.17.